The molecule has 0 spiro atoms. The van der Waals surface area contributed by atoms with Crippen molar-refractivity contribution in [1.82, 2.24) is 10.6 Å². The van der Waals surface area contributed by atoms with E-state index in [1.807, 2.05) is 45.0 Å². The fraction of sp³-hybridized carbons (Fsp3) is 0.409. The maximum atomic E-state index is 12.6. The average Bonchev–Trinajstić information content (AvgIpc) is 2.70. The first kappa shape index (κ1) is 23.4. The van der Waals surface area contributed by atoms with E-state index in [1.54, 1.807) is 18.2 Å². The number of benzene rings is 2. The lowest BCUT2D eigenvalue weighted by Crippen LogP contribution is -2.39. The van der Waals surface area contributed by atoms with Gasteiger partial charge in [-0.05, 0) is 44.5 Å². The molecule has 2 aromatic carbocycles. The fourth-order valence-electron chi connectivity index (χ4n) is 2.70. The van der Waals surface area contributed by atoms with Crippen molar-refractivity contribution in [1.29, 1.82) is 0 Å². The summed E-state index contributed by atoms with van der Waals surface area (Å²) in [5, 5.41) is 16.6. The van der Waals surface area contributed by atoms with Gasteiger partial charge in [-0.2, -0.15) is 8.78 Å². The highest BCUT2D eigenvalue weighted by Crippen LogP contribution is 2.21. The Morgan fingerprint density at radius 1 is 1.03 bits per heavy atom. The van der Waals surface area contributed by atoms with E-state index in [0.717, 1.165) is 11.3 Å². The van der Waals surface area contributed by atoms with Gasteiger partial charge in [0.05, 0.1) is 18.8 Å². The Bertz CT molecular complexity index is 798. The zero-order valence-electron chi connectivity index (χ0n) is 17.4. The van der Waals surface area contributed by atoms with Crippen LogP contribution in [0.2, 0.25) is 0 Å². The number of nitrogens with zero attached hydrogens (tertiary/aromatic N) is 1. The predicted octanol–water partition coefficient (Wildman–Crippen LogP) is 3.86. The minimum atomic E-state index is -2.89. The van der Waals surface area contributed by atoms with Crippen molar-refractivity contribution in [3.63, 3.8) is 0 Å². The molecule has 0 saturated carbocycles. The summed E-state index contributed by atoms with van der Waals surface area (Å²) in [5.41, 5.74) is 1.28. The van der Waals surface area contributed by atoms with Crippen molar-refractivity contribution in [3.05, 3.63) is 59.7 Å². The van der Waals surface area contributed by atoms with Crippen LogP contribution in [0.3, 0.4) is 0 Å². The van der Waals surface area contributed by atoms with Gasteiger partial charge in [0.15, 0.2) is 5.96 Å². The van der Waals surface area contributed by atoms with E-state index in [2.05, 4.69) is 20.4 Å². The Hall–Kier alpha value is -2.87. The molecule has 0 aliphatic rings. The Balaban J connectivity index is 1.98. The monoisotopic (exact) mass is 421 g/mol. The van der Waals surface area contributed by atoms with Gasteiger partial charge in [-0.15, -0.1) is 0 Å². The molecule has 0 radical (unpaired) electrons. The molecule has 1 unspecified atom stereocenters. The third kappa shape index (κ3) is 7.87. The molecule has 3 N–H and O–H groups in total. The number of ether oxygens (including phenoxy) is 2. The van der Waals surface area contributed by atoms with Gasteiger partial charge in [-0.3, -0.25) is 0 Å². The molecule has 0 bridgehead atoms. The molecule has 1 atom stereocenters. The third-order valence-corrected chi connectivity index (χ3v) is 4.04. The van der Waals surface area contributed by atoms with Crippen LogP contribution >= 0.6 is 0 Å². The molecular formula is C22H29F2N3O3. The molecule has 0 heterocycles. The summed E-state index contributed by atoms with van der Waals surface area (Å²) in [6.45, 7) is 3.90. The molecule has 2 rings (SSSR count). The smallest absolute Gasteiger partial charge is 0.387 e. The number of hydrogen-bond donors (Lipinski definition) is 3. The first-order valence-corrected chi connectivity index (χ1v) is 9.88. The maximum absolute atomic E-state index is 12.6. The van der Waals surface area contributed by atoms with Crippen LogP contribution < -0.4 is 20.1 Å². The molecule has 0 amide bonds. The second-order valence-electron chi connectivity index (χ2n) is 6.81. The largest absolute Gasteiger partial charge is 0.491 e. The predicted molar refractivity (Wildman–Crippen MR) is 113 cm³/mol. The number of para-hydroxylation sites is 1. The van der Waals surface area contributed by atoms with Gasteiger partial charge in [-0.1, -0.05) is 30.3 Å². The van der Waals surface area contributed by atoms with E-state index < -0.39 is 12.7 Å². The van der Waals surface area contributed by atoms with Gasteiger partial charge in [0.2, 0.25) is 0 Å². The number of hydrogen-bond acceptors (Lipinski definition) is 4. The molecule has 2 aromatic rings. The second kappa shape index (κ2) is 12.0. The second-order valence-corrected chi connectivity index (χ2v) is 6.81. The Morgan fingerprint density at radius 3 is 2.37 bits per heavy atom. The zero-order valence-corrected chi connectivity index (χ0v) is 17.4. The van der Waals surface area contributed by atoms with Crippen LogP contribution in [0.15, 0.2) is 53.5 Å². The van der Waals surface area contributed by atoms with Crippen LogP contribution in [0, 0.1) is 0 Å². The molecule has 30 heavy (non-hydrogen) atoms. The van der Waals surface area contributed by atoms with Gasteiger partial charge in [0, 0.05) is 18.7 Å². The maximum Gasteiger partial charge on any atom is 0.387 e. The number of aliphatic imine (C=N–C) groups is 1. The van der Waals surface area contributed by atoms with Crippen molar-refractivity contribution in [3.8, 4) is 11.5 Å². The Kier molecular flexibility index (Phi) is 9.34. The number of halogens is 2. The van der Waals surface area contributed by atoms with Gasteiger partial charge in [0.1, 0.15) is 11.5 Å². The topological polar surface area (TPSA) is 75.1 Å². The summed E-state index contributed by atoms with van der Waals surface area (Å²) in [4.78, 5) is 4.40. The molecular weight excluding hydrogens is 392 g/mol. The molecule has 0 aliphatic heterocycles. The van der Waals surface area contributed by atoms with Crippen LogP contribution in [0.25, 0.3) is 0 Å². The third-order valence-electron chi connectivity index (χ3n) is 4.04. The molecule has 0 fully saturated rings. The van der Waals surface area contributed by atoms with E-state index in [9.17, 15) is 13.9 Å². The van der Waals surface area contributed by atoms with Crippen molar-refractivity contribution in [2.45, 2.75) is 46.1 Å². The van der Waals surface area contributed by atoms with E-state index in [4.69, 9.17) is 4.74 Å². The van der Waals surface area contributed by atoms with Crippen LogP contribution in [0.1, 0.15) is 38.0 Å². The molecule has 0 aliphatic carbocycles. The minimum Gasteiger partial charge on any atom is -0.491 e. The van der Waals surface area contributed by atoms with Gasteiger partial charge in [0.25, 0.3) is 0 Å². The standard InChI is InChI=1S/C22H29F2N3O3/c1-4-25-22(26-13-17-7-5-6-8-20(17)30-21(23)24)27-14-19(28)16-9-11-18(12-10-16)29-15(2)3/h5-12,15,19,21,28H,4,13-14H2,1-3H3,(H2,25,26,27). The lowest BCUT2D eigenvalue weighted by molar-refractivity contribution is -0.0504. The molecule has 8 heteroatoms. The minimum absolute atomic E-state index is 0.0811. The Labute approximate surface area is 175 Å². The summed E-state index contributed by atoms with van der Waals surface area (Å²) in [7, 11) is 0. The van der Waals surface area contributed by atoms with Crippen LogP contribution in [-0.4, -0.2) is 36.9 Å². The Morgan fingerprint density at radius 2 is 1.73 bits per heavy atom. The lowest BCUT2D eigenvalue weighted by atomic mass is 10.1. The van der Waals surface area contributed by atoms with E-state index >= 15 is 0 Å². The number of nitrogens with one attached hydrogen (secondary N) is 2. The summed E-state index contributed by atoms with van der Waals surface area (Å²) < 4.78 is 35.3. The van der Waals surface area contributed by atoms with Crippen LogP contribution in [-0.2, 0) is 6.54 Å². The van der Waals surface area contributed by atoms with Gasteiger partial charge >= 0.3 is 6.61 Å². The van der Waals surface area contributed by atoms with E-state index in [-0.39, 0.29) is 24.9 Å². The summed E-state index contributed by atoms with van der Waals surface area (Å²) in [6.07, 6.45) is -0.672. The normalized spacial score (nSPS) is 12.7. The van der Waals surface area contributed by atoms with Crippen molar-refractivity contribution >= 4 is 5.96 Å². The SMILES string of the molecule is CCNC(=NCc1ccccc1OC(F)F)NCC(O)c1ccc(OC(C)C)cc1. The van der Waals surface area contributed by atoms with Crippen molar-refractivity contribution in [2.24, 2.45) is 4.99 Å². The highest BCUT2D eigenvalue weighted by atomic mass is 19.3. The average molecular weight is 421 g/mol. The van der Waals surface area contributed by atoms with Gasteiger partial charge in [-0.25, -0.2) is 4.99 Å². The van der Waals surface area contributed by atoms with Crippen LogP contribution in [0.4, 0.5) is 8.78 Å². The number of rotatable bonds is 10. The molecule has 6 nitrogen and oxygen atoms in total. The van der Waals surface area contributed by atoms with Crippen LogP contribution in [0.5, 0.6) is 11.5 Å². The summed E-state index contributed by atoms with van der Waals surface area (Å²) >= 11 is 0. The molecule has 0 saturated heterocycles. The van der Waals surface area contributed by atoms with Crippen molar-refractivity contribution < 1.29 is 23.4 Å². The lowest BCUT2D eigenvalue weighted by Gasteiger charge is -2.17. The quantitative estimate of drug-likeness (QED) is 0.401. The number of aliphatic hydroxyl groups is 1. The highest BCUT2D eigenvalue weighted by molar-refractivity contribution is 5.79. The van der Waals surface area contributed by atoms with Gasteiger partial charge < -0.3 is 25.2 Å². The first-order valence-electron chi connectivity index (χ1n) is 9.88. The number of alkyl halides is 2. The first-order chi connectivity index (χ1) is 14.4. The number of guanidine groups is 1. The van der Waals surface area contributed by atoms with Crippen molar-refractivity contribution in [2.75, 3.05) is 13.1 Å². The van der Waals surface area contributed by atoms with E-state index in [0.29, 0.717) is 18.1 Å². The number of aliphatic hydroxyl groups excluding tert-OH is 1. The highest BCUT2D eigenvalue weighted by Gasteiger charge is 2.11. The van der Waals surface area contributed by atoms with E-state index in [1.165, 1.54) is 6.07 Å². The molecule has 164 valence electrons. The summed E-state index contributed by atoms with van der Waals surface area (Å²) in [6, 6.07) is 13.8. The summed E-state index contributed by atoms with van der Waals surface area (Å²) in [5.74, 6) is 1.30. The fourth-order valence-corrected chi connectivity index (χ4v) is 2.70. The molecule has 0 aromatic heterocycles. The zero-order chi connectivity index (χ0) is 21.9.